The summed E-state index contributed by atoms with van der Waals surface area (Å²) in [5, 5.41) is 6.92. The zero-order valence-electron chi connectivity index (χ0n) is 20.3. The first kappa shape index (κ1) is 27.1. The molecule has 2 aromatic rings. The van der Waals surface area contributed by atoms with Crippen molar-refractivity contribution in [2.75, 3.05) is 40.8 Å². The lowest BCUT2D eigenvalue weighted by molar-refractivity contribution is 0.0827. The van der Waals surface area contributed by atoms with E-state index < -0.39 is 0 Å². The van der Waals surface area contributed by atoms with Crippen molar-refractivity contribution >= 4 is 35.8 Å². The molecule has 1 aliphatic heterocycles. The number of rotatable bonds is 8. The molecule has 33 heavy (non-hydrogen) atoms. The molecule has 1 atom stereocenters. The summed E-state index contributed by atoms with van der Waals surface area (Å²) in [6.07, 6.45) is 3.04. The van der Waals surface area contributed by atoms with Crippen molar-refractivity contribution in [1.29, 1.82) is 0 Å². The fraction of sp³-hybridized carbons (Fsp3) is 0.462. The number of amides is 1. The van der Waals surface area contributed by atoms with Crippen LogP contribution in [0.3, 0.4) is 0 Å². The van der Waals surface area contributed by atoms with Crippen molar-refractivity contribution in [3.05, 3.63) is 70.8 Å². The lowest BCUT2D eigenvalue weighted by atomic mass is 9.98. The van der Waals surface area contributed by atoms with E-state index in [0.29, 0.717) is 6.04 Å². The quantitative estimate of drug-likeness (QED) is 0.293. The van der Waals surface area contributed by atoms with Crippen molar-refractivity contribution in [3.63, 3.8) is 0 Å². The van der Waals surface area contributed by atoms with Crippen LogP contribution >= 0.6 is 24.0 Å². The summed E-state index contributed by atoms with van der Waals surface area (Å²) in [6.45, 7) is 6.00. The minimum atomic E-state index is 0. The Labute approximate surface area is 215 Å². The fourth-order valence-electron chi connectivity index (χ4n) is 4.24. The van der Waals surface area contributed by atoms with Crippen LogP contribution in [0.25, 0.3) is 0 Å². The fourth-order valence-corrected chi connectivity index (χ4v) is 4.24. The molecule has 0 saturated heterocycles. The van der Waals surface area contributed by atoms with Gasteiger partial charge in [0.15, 0.2) is 5.96 Å². The van der Waals surface area contributed by atoms with E-state index in [1.54, 1.807) is 19.0 Å². The number of benzene rings is 2. The average molecular weight is 564 g/mol. The second kappa shape index (κ2) is 13.5. The summed E-state index contributed by atoms with van der Waals surface area (Å²) in [5.41, 5.74) is 4.80. The van der Waals surface area contributed by atoms with Gasteiger partial charge in [-0.15, -0.1) is 24.0 Å². The summed E-state index contributed by atoms with van der Waals surface area (Å²) in [4.78, 5) is 20.8. The summed E-state index contributed by atoms with van der Waals surface area (Å²) in [7, 11) is 5.36. The Morgan fingerprint density at radius 3 is 2.58 bits per heavy atom. The third-order valence-electron chi connectivity index (χ3n) is 6.16. The van der Waals surface area contributed by atoms with Gasteiger partial charge in [-0.05, 0) is 48.1 Å². The van der Waals surface area contributed by atoms with Crippen LogP contribution in [-0.2, 0) is 19.4 Å². The SMILES string of the molecule is CCC(CNC(=NC)NCCc1cccc(C(=O)N(C)C)c1)N1CCc2ccccc2C1.I. The number of carbonyl (C=O) groups is 1. The van der Waals surface area contributed by atoms with E-state index in [1.165, 1.54) is 11.1 Å². The van der Waals surface area contributed by atoms with E-state index in [9.17, 15) is 4.79 Å². The van der Waals surface area contributed by atoms with Crippen molar-refractivity contribution in [2.45, 2.75) is 38.8 Å². The molecule has 0 radical (unpaired) electrons. The molecule has 3 rings (SSSR count). The van der Waals surface area contributed by atoms with Gasteiger partial charge in [-0.25, -0.2) is 0 Å². The molecule has 1 amide bonds. The number of hydrogen-bond acceptors (Lipinski definition) is 3. The summed E-state index contributed by atoms with van der Waals surface area (Å²) < 4.78 is 0. The first-order valence-electron chi connectivity index (χ1n) is 11.6. The van der Waals surface area contributed by atoms with Gasteiger partial charge in [0.2, 0.25) is 0 Å². The topological polar surface area (TPSA) is 60.0 Å². The summed E-state index contributed by atoms with van der Waals surface area (Å²) >= 11 is 0. The number of nitrogens with zero attached hydrogens (tertiary/aromatic N) is 3. The van der Waals surface area contributed by atoms with Crippen LogP contribution in [0.15, 0.2) is 53.5 Å². The molecule has 1 unspecified atom stereocenters. The van der Waals surface area contributed by atoms with Gasteiger partial charge in [0, 0.05) is 58.9 Å². The molecule has 6 nitrogen and oxygen atoms in total. The number of guanidine groups is 1. The largest absolute Gasteiger partial charge is 0.356 e. The monoisotopic (exact) mass is 563 g/mol. The maximum atomic E-state index is 12.2. The van der Waals surface area contributed by atoms with Gasteiger partial charge >= 0.3 is 0 Å². The third-order valence-corrected chi connectivity index (χ3v) is 6.16. The van der Waals surface area contributed by atoms with Crippen LogP contribution in [0, 0.1) is 0 Å². The Kier molecular flexibility index (Phi) is 11.1. The number of hydrogen-bond donors (Lipinski definition) is 2. The van der Waals surface area contributed by atoms with Gasteiger partial charge in [-0.1, -0.05) is 43.3 Å². The van der Waals surface area contributed by atoms with Crippen molar-refractivity contribution in [1.82, 2.24) is 20.4 Å². The number of aliphatic imine (C=N–C) groups is 1. The lowest BCUT2D eigenvalue weighted by Gasteiger charge is -2.35. The Hall–Kier alpha value is -2.13. The van der Waals surface area contributed by atoms with Crippen molar-refractivity contribution < 1.29 is 4.79 Å². The minimum Gasteiger partial charge on any atom is -0.356 e. The van der Waals surface area contributed by atoms with E-state index in [2.05, 4.69) is 57.8 Å². The molecule has 0 aliphatic carbocycles. The molecule has 0 spiro atoms. The standard InChI is InChI=1S/C26H37N5O.HI/c1-5-24(31-16-14-21-10-6-7-11-23(21)19-31)18-29-26(27-2)28-15-13-20-9-8-12-22(17-20)25(32)30(3)4;/h6-12,17,24H,5,13-16,18-19H2,1-4H3,(H2,27,28,29);1H. The highest BCUT2D eigenvalue weighted by molar-refractivity contribution is 14.0. The summed E-state index contributed by atoms with van der Waals surface area (Å²) in [6, 6.07) is 17.1. The molecule has 0 bridgehead atoms. The Morgan fingerprint density at radius 2 is 1.88 bits per heavy atom. The molecule has 7 heteroatoms. The van der Waals surface area contributed by atoms with Gasteiger partial charge in [-0.2, -0.15) is 0 Å². The maximum Gasteiger partial charge on any atom is 0.253 e. The lowest BCUT2D eigenvalue weighted by Crippen LogP contribution is -2.48. The predicted octanol–water partition coefficient (Wildman–Crippen LogP) is 3.55. The van der Waals surface area contributed by atoms with Crippen LogP contribution in [-0.4, -0.2) is 68.5 Å². The Balaban J connectivity index is 0.00000385. The zero-order valence-corrected chi connectivity index (χ0v) is 22.6. The first-order valence-corrected chi connectivity index (χ1v) is 11.6. The minimum absolute atomic E-state index is 0. The van der Waals surface area contributed by atoms with E-state index in [4.69, 9.17) is 0 Å². The van der Waals surface area contributed by atoms with Crippen LogP contribution in [0.5, 0.6) is 0 Å². The highest BCUT2D eigenvalue weighted by atomic mass is 127. The molecule has 0 aromatic heterocycles. The molecule has 180 valence electrons. The van der Waals surface area contributed by atoms with E-state index in [1.807, 2.05) is 25.2 Å². The molecule has 0 saturated carbocycles. The van der Waals surface area contributed by atoms with Crippen molar-refractivity contribution in [2.24, 2.45) is 4.99 Å². The Morgan fingerprint density at radius 1 is 1.12 bits per heavy atom. The molecular formula is C26H38IN5O. The van der Waals surface area contributed by atoms with Crippen LogP contribution in [0.2, 0.25) is 0 Å². The van der Waals surface area contributed by atoms with Gasteiger partial charge in [0.25, 0.3) is 5.91 Å². The second-order valence-electron chi connectivity index (χ2n) is 8.58. The number of halogens is 1. The molecule has 0 fully saturated rings. The predicted molar refractivity (Wildman–Crippen MR) is 148 cm³/mol. The molecule has 2 N–H and O–H groups in total. The van der Waals surface area contributed by atoms with Gasteiger partial charge in [0.1, 0.15) is 0 Å². The average Bonchev–Trinajstić information content (AvgIpc) is 2.82. The van der Waals surface area contributed by atoms with E-state index in [0.717, 1.165) is 62.5 Å². The molecule has 2 aromatic carbocycles. The van der Waals surface area contributed by atoms with Gasteiger partial charge < -0.3 is 15.5 Å². The zero-order chi connectivity index (χ0) is 22.9. The molecule has 1 heterocycles. The van der Waals surface area contributed by atoms with Crippen LogP contribution in [0.1, 0.15) is 40.4 Å². The second-order valence-corrected chi connectivity index (χ2v) is 8.58. The molecular weight excluding hydrogens is 525 g/mol. The normalized spacial score (nSPS) is 14.6. The number of fused-ring (bicyclic) bond motifs is 1. The van der Waals surface area contributed by atoms with Gasteiger partial charge in [-0.3, -0.25) is 14.7 Å². The molecule has 1 aliphatic rings. The smallest absolute Gasteiger partial charge is 0.253 e. The summed E-state index contributed by atoms with van der Waals surface area (Å²) in [5.74, 6) is 0.851. The van der Waals surface area contributed by atoms with Crippen LogP contribution < -0.4 is 10.6 Å². The highest BCUT2D eigenvalue weighted by Crippen LogP contribution is 2.21. The maximum absolute atomic E-state index is 12.2. The third kappa shape index (κ3) is 7.71. The van der Waals surface area contributed by atoms with E-state index in [-0.39, 0.29) is 29.9 Å². The highest BCUT2D eigenvalue weighted by Gasteiger charge is 2.22. The number of carbonyl (C=O) groups excluding carboxylic acids is 1. The Bertz CT molecular complexity index is 930. The number of nitrogens with one attached hydrogen (secondary N) is 2. The van der Waals surface area contributed by atoms with E-state index >= 15 is 0 Å². The van der Waals surface area contributed by atoms with Gasteiger partial charge in [0.05, 0.1) is 0 Å². The van der Waals surface area contributed by atoms with Crippen molar-refractivity contribution in [3.8, 4) is 0 Å². The van der Waals surface area contributed by atoms with Crippen LogP contribution in [0.4, 0.5) is 0 Å². The first-order chi connectivity index (χ1) is 15.5.